The number of nitrogens with zero attached hydrogens (tertiary/aromatic N) is 1. The monoisotopic (exact) mass is 219 g/mol. The van der Waals surface area contributed by atoms with E-state index in [0.717, 1.165) is 12.1 Å². The molecule has 16 heavy (non-hydrogen) atoms. The Hall–Kier alpha value is -1.41. The second-order valence-electron chi connectivity index (χ2n) is 3.29. The number of fused-ring (bicyclic) bond motifs is 1. The summed E-state index contributed by atoms with van der Waals surface area (Å²) in [5.74, 6) is 0. The molecule has 0 saturated heterocycles. The molecule has 2 rings (SSSR count). The van der Waals surface area contributed by atoms with Crippen LogP contribution >= 0.6 is 0 Å². The van der Waals surface area contributed by atoms with Crippen LogP contribution < -0.4 is 0 Å². The molecule has 0 radical (unpaired) electrons. The van der Waals surface area contributed by atoms with Crippen molar-refractivity contribution in [2.24, 2.45) is 0 Å². The Labute approximate surface area is 97.6 Å². The molecule has 2 heteroatoms. The molecule has 0 saturated carbocycles. The fourth-order valence-electron chi connectivity index (χ4n) is 1.69. The van der Waals surface area contributed by atoms with Gasteiger partial charge >= 0.3 is 0 Å². The summed E-state index contributed by atoms with van der Waals surface area (Å²) in [6.45, 7) is 8.19. The smallest absolute Gasteiger partial charge is 0.0482 e. The molecular formula is C14H21NO. The van der Waals surface area contributed by atoms with E-state index in [0.29, 0.717) is 0 Å². The van der Waals surface area contributed by atoms with Gasteiger partial charge in [-0.15, -0.1) is 0 Å². The number of pyridine rings is 1. The summed E-state index contributed by atoms with van der Waals surface area (Å²) in [5, 5.41) is 2.59. The number of benzene rings is 1. The molecule has 0 atom stereocenters. The normalized spacial score (nSPS) is 9.00. The van der Waals surface area contributed by atoms with Crippen LogP contribution in [0.25, 0.3) is 10.8 Å². The van der Waals surface area contributed by atoms with E-state index in [1.165, 1.54) is 16.5 Å². The first-order valence-electron chi connectivity index (χ1n) is 5.66. The summed E-state index contributed by atoms with van der Waals surface area (Å²) in [6, 6.07) is 10.6. The fraction of sp³-hybridized carbons (Fsp3) is 0.357. The maximum absolute atomic E-state index is 4.52. The van der Waals surface area contributed by atoms with E-state index in [4.69, 9.17) is 0 Å². The Balaban J connectivity index is 0.000000711. The van der Waals surface area contributed by atoms with Crippen molar-refractivity contribution >= 4 is 10.8 Å². The Morgan fingerprint density at radius 3 is 2.38 bits per heavy atom. The predicted octanol–water partition coefficient (Wildman–Crippen LogP) is 3.31. The summed E-state index contributed by atoms with van der Waals surface area (Å²) in [6.07, 6.45) is 1.00. The van der Waals surface area contributed by atoms with Crippen molar-refractivity contribution in [1.82, 2.24) is 4.98 Å². The van der Waals surface area contributed by atoms with Gasteiger partial charge in [0.15, 0.2) is 0 Å². The molecule has 2 N–H and O–H groups in total. The molecule has 0 amide bonds. The second-order valence-corrected chi connectivity index (χ2v) is 3.29. The van der Waals surface area contributed by atoms with Crippen molar-refractivity contribution in [1.29, 1.82) is 0 Å². The maximum Gasteiger partial charge on any atom is 0.0482 e. The number of hydrogen-bond acceptors (Lipinski definition) is 1. The van der Waals surface area contributed by atoms with E-state index in [9.17, 15) is 0 Å². The molecule has 0 fully saturated rings. The third-order valence-electron chi connectivity index (χ3n) is 2.28. The molecule has 0 bridgehead atoms. The molecule has 2 nitrogen and oxygen atoms in total. The van der Waals surface area contributed by atoms with Crippen LogP contribution in [0.5, 0.6) is 0 Å². The van der Waals surface area contributed by atoms with Gasteiger partial charge in [-0.05, 0) is 24.8 Å². The SMILES string of the molecule is CC.CCc1nc(C)cc2ccccc12.O. The molecule has 0 aliphatic heterocycles. The Morgan fingerprint density at radius 1 is 1.12 bits per heavy atom. The van der Waals surface area contributed by atoms with Crippen LogP contribution in [0.1, 0.15) is 32.2 Å². The zero-order chi connectivity index (χ0) is 11.3. The second kappa shape index (κ2) is 6.96. The number of rotatable bonds is 1. The van der Waals surface area contributed by atoms with E-state index < -0.39 is 0 Å². The lowest BCUT2D eigenvalue weighted by atomic mass is 10.1. The third kappa shape index (κ3) is 3.04. The number of aromatic nitrogens is 1. The van der Waals surface area contributed by atoms with Crippen molar-refractivity contribution < 1.29 is 5.48 Å². The minimum absolute atomic E-state index is 0. The lowest BCUT2D eigenvalue weighted by molar-refractivity contribution is 0.824. The van der Waals surface area contributed by atoms with E-state index in [1.54, 1.807) is 0 Å². The van der Waals surface area contributed by atoms with Crippen LogP contribution in [0.2, 0.25) is 0 Å². The summed E-state index contributed by atoms with van der Waals surface area (Å²) in [5.41, 5.74) is 2.31. The minimum atomic E-state index is 0. The fourth-order valence-corrected chi connectivity index (χ4v) is 1.69. The molecule has 0 spiro atoms. The molecule has 0 aliphatic carbocycles. The van der Waals surface area contributed by atoms with E-state index in [-0.39, 0.29) is 5.48 Å². The summed E-state index contributed by atoms with van der Waals surface area (Å²) >= 11 is 0. The lowest BCUT2D eigenvalue weighted by Gasteiger charge is -2.04. The van der Waals surface area contributed by atoms with Crippen molar-refractivity contribution in [3.05, 3.63) is 41.7 Å². The van der Waals surface area contributed by atoms with Gasteiger partial charge in [-0.3, -0.25) is 4.98 Å². The van der Waals surface area contributed by atoms with Gasteiger partial charge in [0.1, 0.15) is 0 Å². The maximum atomic E-state index is 4.52. The first kappa shape index (κ1) is 14.6. The van der Waals surface area contributed by atoms with Gasteiger partial charge in [0, 0.05) is 16.8 Å². The summed E-state index contributed by atoms with van der Waals surface area (Å²) in [4.78, 5) is 4.52. The van der Waals surface area contributed by atoms with Gasteiger partial charge in [-0.25, -0.2) is 0 Å². The molecule has 0 aliphatic rings. The highest BCUT2D eigenvalue weighted by molar-refractivity contribution is 5.84. The first-order chi connectivity index (χ1) is 7.31. The average molecular weight is 219 g/mol. The molecule has 1 aromatic carbocycles. The molecule has 0 unspecified atom stereocenters. The van der Waals surface area contributed by atoms with Crippen LogP contribution in [0.4, 0.5) is 0 Å². The molecule has 88 valence electrons. The summed E-state index contributed by atoms with van der Waals surface area (Å²) in [7, 11) is 0. The molecule has 1 aromatic heterocycles. The quantitative estimate of drug-likeness (QED) is 0.725. The first-order valence-corrected chi connectivity index (χ1v) is 5.66. The van der Waals surface area contributed by atoms with Gasteiger partial charge in [-0.1, -0.05) is 45.0 Å². The Morgan fingerprint density at radius 2 is 1.75 bits per heavy atom. The van der Waals surface area contributed by atoms with Crippen LogP contribution in [0.3, 0.4) is 0 Å². The van der Waals surface area contributed by atoms with Gasteiger partial charge in [0.25, 0.3) is 0 Å². The third-order valence-corrected chi connectivity index (χ3v) is 2.28. The predicted molar refractivity (Wildman–Crippen MR) is 70.8 cm³/mol. The van der Waals surface area contributed by atoms with Crippen molar-refractivity contribution in [2.45, 2.75) is 34.1 Å². The van der Waals surface area contributed by atoms with E-state index >= 15 is 0 Å². The van der Waals surface area contributed by atoms with Crippen LogP contribution in [0, 0.1) is 6.92 Å². The van der Waals surface area contributed by atoms with Crippen molar-refractivity contribution in [2.75, 3.05) is 0 Å². The van der Waals surface area contributed by atoms with Gasteiger partial charge in [0.2, 0.25) is 0 Å². The highest BCUT2D eigenvalue weighted by Gasteiger charge is 2.00. The molecule has 1 heterocycles. The highest BCUT2D eigenvalue weighted by Crippen LogP contribution is 2.18. The van der Waals surface area contributed by atoms with Gasteiger partial charge in [-0.2, -0.15) is 0 Å². The Bertz CT molecular complexity index is 438. The standard InChI is InChI=1S/C12H13N.C2H6.H2O/c1-3-12-11-7-5-4-6-10(11)8-9(2)13-12;1-2;/h4-8H,3H2,1-2H3;1-2H3;1H2. The van der Waals surface area contributed by atoms with Crippen molar-refractivity contribution in [3.63, 3.8) is 0 Å². The zero-order valence-electron chi connectivity index (χ0n) is 10.5. The van der Waals surface area contributed by atoms with E-state index in [2.05, 4.69) is 42.2 Å². The lowest BCUT2D eigenvalue weighted by Crippen LogP contribution is -1.91. The summed E-state index contributed by atoms with van der Waals surface area (Å²) < 4.78 is 0. The Kier molecular flexibility index (Phi) is 6.35. The van der Waals surface area contributed by atoms with Gasteiger partial charge < -0.3 is 5.48 Å². The largest absolute Gasteiger partial charge is 0.412 e. The zero-order valence-corrected chi connectivity index (χ0v) is 10.5. The molecule has 2 aromatic rings. The number of aryl methyl sites for hydroxylation is 2. The minimum Gasteiger partial charge on any atom is -0.412 e. The van der Waals surface area contributed by atoms with E-state index in [1.807, 2.05) is 20.8 Å². The van der Waals surface area contributed by atoms with Crippen molar-refractivity contribution in [3.8, 4) is 0 Å². The topological polar surface area (TPSA) is 44.4 Å². The molecular weight excluding hydrogens is 198 g/mol. The number of hydrogen-bond donors (Lipinski definition) is 0. The van der Waals surface area contributed by atoms with Crippen LogP contribution in [-0.2, 0) is 6.42 Å². The highest BCUT2D eigenvalue weighted by atomic mass is 16.0. The van der Waals surface area contributed by atoms with Crippen LogP contribution in [-0.4, -0.2) is 10.5 Å². The average Bonchev–Trinajstić information content (AvgIpc) is 2.30. The van der Waals surface area contributed by atoms with Crippen LogP contribution in [0.15, 0.2) is 30.3 Å². The van der Waals surface area contributed by atoms with Gasteiger partial charge in [0.05, 0.1) is 0 Å².